The van der Waals surface area contributed by atoms with Crippen molar-refractivity contribution in [3.8, 4) is 0 Å². The van der Waals surface area contributed by atoms with Crippen LogP contribution in [0.3, 0.4) is 0 Å². The van der Waals surface area contributed by atoms with E-state index in [0.29, 0.717) is 13.1 Å². The molecule has 1 N–H and O–H groups in total. The molecule has 31 heavy (non-hydrogen) atoms. The van der Waals surface area contributed by atoms with Crippen LogP contribution < -0.4 is 5.32 Å². The Morgan fingerprint density at radius 3 is 2.45 bits per heavy atom. The van der Waals surface area contributed by atoms with E-state index in [4.69, 9.17) is 11.6 Å². The van der Waals surface area contributed by atoms with E-state index in [-0.39, 0.29) is 10.7 Å². The summed E-state index contributed by atoms with van der Waals surface area (Å²) in [6.07, 6.45) is -0.414. The van der Waals surface area contributed by atoms with Crippen molar-refractivity contribution in [2.24, 2.45) is 0 Å². The molecule has 1 amide bonds. The predicted octanol–water partition coefficient (Wildman–Crippen LogP) is 5.02. The van der Waals surface area contributed by atoms with Gasteiger partial charge in [0, 0.05) is 37.7 Å². The molecule has 3 rings (SSSR count). The fourth-order valence-corrected chi connectivity index (χ4v) is 3.67. The van der Waals surface area contributed by atoms with Gasteiger partial charge in [0.25, 0.3) is 0 Å². The van der Waals surface area contributed by atoms with E-state index in [2.05, 4.69) is 22.4 Å². The highest BCUT2D eigenvalue weighted by atomic mass is 35.5. The monoisotopic (exact) mass is 451 g/mol. The third-order valence-electron chi connectivity index (χ3n) is 5.35. The van der Waals surface area contributed by atoms with Gasteiger partial charge in [-0.2, -0.15) is 13.2 Å². The standard InChI is InChI=1S/C23H25ClF3N3O/c1-17(22(31)28-21-10-9-19(24)16-20(21)23(25,26)27)30-14-12-29(13-15-30)11-5-8-18-6-3-2-4-7-18/h2-10,16-17H,11-15H2,1H3,(H,28,31)/b8-5+. The first-order valence-electron chi connectivity index (χ1n) is 10.1. The van der Waals surface area contributed by atoms with Crippen molar-refractivity contribution in [3.63, 3.8) is 0 Å². The summed E-state index contributed by atoms with van der Waals surface area (Å²) in [5.74, 6) is -0.467. The van der Waals surface area contributed by atoms with Crippen molar-refractivity contribution >= 4 is 29.3 Å². The van der Waals surface area contributed by atoms with Gasteiger partial charge in [-0.3, -0.25) is 14.6 Å². The number of nitrogens with one attached hydrogen (secondary N) is 1. The summed E-state index contributed by atoms with van der Waals surface area (Å²) in [6.45, 7) is 5.42. The number of piperazine rings is 1. The van der Waals surface area contributed by atoms with Crippen LogP contribution in [0.25, 0.3) is 6.08 Å². The highest BCUT2D eigenvalue weighted by Gasteiger charge is 2.35. The molecule has 2 aromatic carbocycles. The molecule has 1 aliphatic heterocycles. The lowest BCUT2D eigenvalue weighted by atomic mass is 10.1. The largest absolute Gasteiger partial charge is 0.418 e. The Morgan fingerprint density at radius 2 is 1.81 bits per heavy atom. The minimum atomic E-state index is -4.60. The molecule has 1 fully saturated rings. The first-order chi connectivity index (χ1) is 14.7. The summed E-state index contributed by atoms with van der Waals surface area (Å²) >= 11 is 5.70. The quantitative estimate of drug-likeness (QED) is 0.670. The molecule has 1 atom stereocenters. The average molecular weight is 452 g/mol. The summed E-state index contributed by atoms with van der Waals surface area (Å²) in [7, 11) is 0. The van der Waals surface area contributed by atoms with Crippen molar-refractivity contribution in [1.82, 2.24) is 9.80 Å². The second kappa shape index (κ2) is 10.3. The maximum atomic E-state index is 13.3. The minimum Gasteiger partial charge on any atom is -0.324 e. The van der Waals surface area contributed by atoms with Gasteiger partial charge in [-0.1, -0.05) is 54.1 Å². The van der Waals surface area contributed by atoms with Gasteiger partial charge in [0.05, 0.1) is 17.3 Å². The molecule has 0 saturated carbocycles. The zero-order valence-corrected chi connectivity index (χ0v) is 18.0. The van der Waals surface area contributed by atoms with Crippen molar-refractivity contribution < 1.29 is 18.0 Å². The van der Waals surface area contributed by atoms with Crippen LogP contribution in [0.2, 0.25) is 5.02 Å². The molecule has 1 aliphatic rings. The van der Waals surface area contributed by atoms with Gasteiger partial charge in [0.15, 0.2) is 0 Å². The molecule has 2 aromatic rings. The first kappa shape index (κ1) is 23.3. The predicted molar refractivity (Wildman–Crippen MR) is 118 cm³/mol. The van der Waals surface area contributed by atoms with Crippen LogP contribution in [0.5, 0.6) is 0 Å². The second-order valence-corrected chi connectivity index (χ2v) is 7.94. The van der Waals surface area contributed by atoms with E-state index in [1.54, 1.807) is 6.92 Å². The second-order valence-electron chi connectivity index (χ2n) is 7.50. The Morgan fingerprint density at radius 1 is 1.13 bits per heavy atom. The average Bonchev–Trinajstić information content (AvgIpc) is 2.75. The van der Waals surface area contributed by atoms with Gasteiger partial charge < -0.3 is 5.32 Å². The molecular weight excluding hydrogens is 427 g/mol. The smallest absolute Gasteiger partial charge is 0.324 e. The van der Waals surface area contributed by atoms with E-state index >= 15 is 0 Å². The van der Waals surface area contributed by atoms with E-state index in [9.17, 15) is 18.0 Å². The van der Waals surface area contributed by atoms with Gasteiger partial charge in [0.1, 0.15) is 0 Å². The van der Waals surface area contributed by atoms with Crippen LogP contribution in [-0.2, 0) is 11.0 Å². The SMILES string of the molecule is CC(C(=O)Nc1ccc(Cl)cc1C(F)(F)F)N1CCN(C/C=C/c2ccccc2)CC1. The van der Waals surface area contributed by atoms with Gasteiger partial charge in [-0.25, -0.2) is 0 Å². The molecule has 0 spiro atoms. The lowest BCUT2D eigenvalue weighted by molar-refractivity contribution is -0.137. The molecule has 1 unspecified atom stereocenters. The Hall–Kier alpha value is -2.35. The highest BCUT2D eigenvalue weighted by Crippen LogP contribution is 2.36. The molecule has 0 radical (unpaired) electrons. The van der Waals surface area contributed by atoms with Crippen molar-refractivity contribution in [3.05, 3.63) is 70.8 Å². The Bertz CT molecular complexity index is 910. The molecule has 0 aliphatic carbocycles. The summed E-state index contributed by atoms with van der Waals surface area (Å²) in [5.41, 5.74) is -0.0825. The zero-order valence-electron chi connectivity index (χ0n) is 17.2. The van der Waals surface area contributed by atoms with Crippen LogP contribution in [0.1, 0.15) is 18.1 Å². The number of halogens is 4. The van der Waals surface area contributed by atoms with Gasteiger partial charge in [0.2, 0.25) is 5.91 Å². The summed E-state index contributed by atoms with van der Waals surface area (Å²) in [6, 6.07) is 12.8. The van der Waals surface area contributed by atoms with E-state index in [0.717, 1.165) is 31.3 Å². The summed E-state index contributed by atoms with van der Waals surface area (Å²) < 4.78 is 39.8. The number of nitrogens with zero attached hydrogens (tertiary/aromatic N) is 2. The molecule has 4 nitrogen and oxygen atoms in total. The third kappa shape index (κ3) is 6.56. The lowest BCUT2D eigenvalue weighted by Gasteiger charge is -2.37. The number of hydrogen-bond acceptors (Lipinski definition) is 3. The summed E-state index contributed by atoms with van der Waals surface area (Å²) in [4.78, 5) is 16.9. The molecule has 8 heteroatoms. The van der Waals surface area contributed by atoms with Crippen molar-refractivity contribution in [2.75, 3.05) is 38.0 Å². The first-order valence-corrected chi connectivity index (χ1v) is 10.5. The van der Waals surface area contributed by atoms with Crippen LogP contribution in [0.4, 0.5) is 18.9 Å². The molecule has 0 bridgehead atoms. The minimum absolute atomic E-state index is 0.0317. The summed E-state index contributed by atoms with van der Waals surface area (Å²) in [5, 5.41) is 2.39. The molecule has 166 valence electrons. The van der Waals surface area contributed by atoms with Gasteiger partial charge in [-0.05, 0) is 30.7 Å². The number of anilines is 1. The van der Waals surface area contributed by atoms with Crippen molar-refractivity contribution in [2.45, 2.75) is 19.1 Å². The Labute approximate surface area is 185 Å². The van der Waals surface area contributed by atoms with Gasteiger partial charge in [-0.15, -0.1) is 0 Å². The molecular formula is C23H25ClF3N3O. The zero-order chi connectivity index (χ0) is 22.4. The normalized spacial score (nSPS) is 17.1. The van der Waals surface area contributed by atoms with E-state index in [1.165, 1.54) is 12.1 Å². The number of amides is 1. The Kier molecular flexibility index (Phi) is 7.75. The van der Waals surface area contributed by atoms with Gasteiger partial charge >= 0.3 is 6.18 Å². The molecule has 0 aromatic heterocycles. The fraction of sp³-hybridized carbons (Fsp3) is 0.348. The van der Waals surface area contributed by atoms with Crippen LogP contribution in [0, 0.1) is 0 Å². The van der Waals surface area contributed by atoms with Crippen LogP contribution in [0.15, 0.2) is 54.6 Å². The third-order valence-corrected chi connectivity index (χ3v) is 5.59. The van der Waals surface area contributed by atoms with E-state index < -0.39 is 23.7 Å². The maximum Gasteiger partial charge on any atom is 0.418 e. The van der Waals surface area contributed by atoms with Crippen LogP contribution in [-0.4, -0.2) is 54.5 Å². The highest BCUT2D eigenvalue weighted by molar-refractivity contribution is 6.30. The van der Waals surface area contributed by atoms with Crippen LogP contribution >= 0.6 is 11.6 Å². The number of benzene rings is 2. The topological polar surface area (TPSA) is 35.6 Å². The molecule has 1 heterocycles. The fourth-order valence-electron chi connectivity index (χ4n) is 3.50. The number of hydrogen-bond donors (Lipinski definition) is 1. The molecule has 1 saturated heterocycles. The van der Waals surface area contributed by atoms with E-state index in [1.807, 2.05) is 35.2 Å². The lowest BCUT2D eigenvalue weighted by Crippen LogP contribution is -2.52. The number of carbonyl (C=O) groups is 1. The number of carbonyl (C=O) groups excluding carboxylic acids is 1. The number of rotatable bonds is 6. The maximum absolute atomic E-state index is 13.3. The Balaban J connectivity index is 1.52. The number of alkyl halides is 3. The van der Waals surface area contributed by atoms with Crippen molar-refractivity contribution in [1.29, 1.82) is 0 Å².